The first-order chi connectivity index (χ1) is 12.5. The van der Waals surface area contributed by atoms with Crippen molar-refractivity contribution in [2.75, 3.05) is 5.73 Å². The Morgan fingerprint density at radius 3 is 2.50 bits per heavy atom. The largest absolute Gasteiger partial charge is 0.374 e. The Hall–Kier alpha value is -3.27. The third-order valence-corrected chi connectivity index (χ3v) is 4.98. The second kappa shape index (κ2) is 5.92. The van der Waals surface area contributed by atoms with Gasteiger partial charge in [0.1, 0.15) is 5.01 Å². The minimum atomic E-state index is -0.401. The zero-order valence-electron chi connectivity index (χ0n) is 14.1. The summed E-state index contributed by atoms with van der Waals surface area (Å²) in [5, 5.41) is 8.93. The van der Waals surface area contributed by atoms with E-state index in [0.29, 0.717) is 16.3 Å². The number of hydrogen-bond acceptors (Lipinski definition) is 7. The van der Waals surface area contributed by atoms with E-state index in [1.807, 2.05) is 24.3 Å². The van der Waals surface area contributed by atoms with Crippen molar-refractivity contribution >= 4 is 27.6 Å². The fraction of sp³-hybridized carbons (Fsp3) is 0.188. The predicted molar refractivity (Wildman–Crippen MR) is 99.1 cm³/mol. The van der Waals surface area contributed by atoms with Crippen LogP contribution in [0.25, 0.3) is 21.7 Å². The highest BCUT2D eigenvalue weighted by Gasteiger charge is 2.15. The summed E-state index contributed by atoms with van der Waals surface area (Å²) in [6.45, 7) is 0.172. The summed E-state index contributed by atoms with van der Waals surface area (Å²) in [7, 11) is 3.34. The molecular weight excluding hydrogens is 354 g/mol. The van der Waals surface area contributed by atoms with E-state index in [0.717, 1.165) is 16.1 Å². The average Bonchev–Trinajstić information content (AvgIpc) is 3.23. The van der Waals surface area contributed by atoms with E-state index in [1.165, 1.54) is 26.8 Å². The van der Waals surface area contributed by atoms with Crippen molar-refractivity contribution in [3.63, 3.8) is 0 Å². The maximum atomic E-state index is 12.7. The molecule has 0 fully saturated rings. The van der Waals surface area contributed by atoms with Crippen molar-refractivity contribution in [1.29, 1.82) is 0 Å². The number of hydrogen-bond donors (Lipinski definition) is 1. The molecule has 4 rings (SSSR count). The number of nitrogens with two attached hydrogens (primary N) is 1. The zero-order valence-corrected chi connectivity index (χ0v) is 14.9. The molecule has 0 bridgehead atoms. The monoisotopic (exact) mass is 369 g/mol. The second-order valence-electron chi connectivity index (χ2n) is 5.90. The van der Waals surface area contributed by atoms with Gasteiger partial charge in [0.25, 0.3) is 5.56 Å². The molecule has 0 aliphatic heterocycles. The normalized spacial score (nSPS) is 11.3. The van der Waals surface area contributed by atoms with Crippen molar-refractivity contribution in [3.05, 3.63) is 57.0 Å². The number of nitrogen functional groups attached to an aromatic ring is 1. The van der Waals surface area contributed by atoms with Gasteiger partial charge in [-0.15, -0.1) is 10.2 Å². The van der Waals surface area contributed by atoms with Gasteiger partial charge in [-0.05, 0) is 5.56 Å². The van der Waals surface area contributed by atoms with Crippen LogP contribution in [0.15, 0.2) is 40.2 Å². The van der Waals surface area contributed by atoms with Crippen LogP contribution >= 0.6 is 11.3 Å². The Morgan fingerprint density at radius 2 is 1.85 bits per heavy atom. The van der Waals surface area contributed by atoms with Crippen LogP contribution in [0.3, 0.4) is 0 Å². The minimum Gasteiger partial charge on any atom is -0.374 e. The lowest BCUT2D eigenvalue weighted by Gasteiger charge is -2.09. The van der Waals surface area contributed by atoms with Crippen molar-refractivity contribution in [1.82, 2.24) is 28.9 Å². The van der Waals surface area contributed by atoms with Gasteiger partial charge >= 0.3 is 5.69 Å². The van der Waals surface area contributed by atoms with Crippen LogP contribution in [0.5, 0.6) is 0 Å². The molecule has 0 unspecified atom stereocenters. The lowest BCUT2D eigenvalue weighted by molar-refractivity contribution is 0.655. The number of nitrogens with zero attached hydrogens (tertiary/aromatic N) is 6. The molecule has 0 spiro atoms. The Balaban J connectivity index is 1.75. The first-order valence-corrected chi connectivity index (χ1v) is 8.56. The molecule has 26 heavy (non-hydrogen) atoms. The second-order valence-corrected chi connectivity index (χ2v) is 6.91. The highest BCUT2D eigenvalue weighted by atomic mass is 32.1. The molecule has 10 heteroatoms. The molecule has 0 aliphatic rings. The molecule has 9 nitrogen and oxygen atoms in total. The summed E-state index contributed by atoms with van der Waals surface area (Å²) >= 11 is 1.30. The molecule has 0 saturated carbocycles. The van der Waals surface area contributed by atoms with E-state index in [4.69, 9.17) is 5.73 Å². The molecule has 0 aliphatic carbocycles. The van der Waals surface area contributed by atoms with Crippen molar-refractivity contribution < 1.29 is 0 Å². The van der Waals surface area contributed by atoms with Gasteiger partial charge in [-0.3, -0.25) is 13.9 Å². The highest BCUT2D eigenvalue weighted by Crippen LogP contribution is 2.24. The Bertz CT molecular complexity index is 1230. The first kappa shape index (κ1) is 16.2. The van der Waals surface area contributed by atoms with Gasteiger partial charge in [-0.2, -0.15) is 0 Å². The number of fused-ring (bicyclic) bond motifs is 1. The van der Waals surface area contributed by atoms with Gasteiger partial charge < -0.3 is 10.3 Å². The summed E-state index contributed by atoms with van der Waals surface area (Å²) in [6.07, 6.45) is 1.53. The highest BCUT2D eigenvalue weighted by molar-refractivity contribution is 7.18. The van der Waals surface area contributed by atoms with Crippen LogP contribution < -0.4 is 17.0 Å². The number of aryl methyl sites for hydroxylation is 2. The number of imidazole rings is 1. The molecule has 132 valence electrons. The van der Waals surface area contributed by atoms with Gasteiger partial charge in [-0.25, -0.2) is 9.78 Å². The van der Waals surface area contributed by atoms with E-state index in [-0.39, 0.29) is 12.1 Å². The molecule has 0 atom stereocenters. The SMILES string of the molecule is Cn1cnc2c1c(=O)n(Cc1ccc(-c3nnc(N)s3)cc1)c(=O)n2C. The molecule has 0 amide bonds. The zero-order chi connectivity index (χ0) is 18.4. The Labute approximate surface area is 151 Å². The van der Waals surface area contributed by atoms with E-state index in [1.54, 1.807) is 18.7 Å². The van der Waals surface area contributed by atoms with Crippen molar-refractivity contribution in [3.8, 4) is 10.6 Å². The average molecular weight is 369 g/mol. The third kappa shape index (κ3) is 2.51. The summed E-state index contributed by atoms with van der Waals surface area (Å²) < 4.78 is 4.22. The Morgan fingerprint density at radius 1 is 1.12 bits per heavy atom. The lowest BCUT2D eigenvalue weighted by Crippen LogP contribution is -2.39. The van der Waals surface area contributed by atoms with E-state index in [2.05, 4.69) is 15.2 Å². The number of benzene rings is 1. The van der Waals surface area contributed by atoms with Crippen LogP contribution in [0.2, 0.25) is 0 Å². The van der Waals surface area contributed by atoms with Gasteiger partial charge in [0.15, 0.2) is 11.2 Å². The molecule has 3 aromatic heterocycles. The number of aromatic nitrogens is 6. The van der Waals surface area contributed by atoms with Crippen LogP contribution in [-0.4, -0.2) is 28.9 Å². The minimum absolute atomic E-state index is 0.172. The molecular formula is C16H15N7O2S. The summed E-state index contributed by atoms with van der Waals surface area (Å²) in [4.78, 5) is 29.4. The van der Waals surface area contributed by atoms with E-state index in [9.17, 15) is 9.59 Å². The summed E-state index contributed by atoms with van der Waals surface area (Å²) in [5.41, 5.74) is 7.33. The quantitative estimate of drug-likeness (QED) is 0.565. The molecule has 0 radical (unpaired) electrons. The van der Waals surface area contributed by atoms with Crippen molar-refractivity contribution in [2.24, 2.45) is 14.1 Å². The fourth-order valence-electron chi connectivity index (χ4n) is 2.82. The molecule has 0 saturated heterocycles. The number of anilines is 1. The standard InChI is InChI=1S/C16H15N7O2S/c1-21-8-18-12-11(21)14(24)23(16(25)22(12)2)7-9-3-5-10(6-4-9)13-19-20-15(17)26-13/h3-6,8H,7H2,1-2H3,(H2,17,20). The topological polar surface area (TPSA) is 114 Å². The molecule has 3 heterocycles. The van der Waals surface area contributed by atoms with Crippen LogP contribution in [0, 0.1) is 0 Å². The lowest BCUT2D eigenvalue weighted by atomic mass is 10.1. The van der Waals surface area contributed by atoms with Crippen molar-refractivity contribution in [2.45, 2.75) is 6.54 Å². The molecule has 2 N–H and O–H groups in total. The summed E-state index contributed by atoms with van der Waals surface area (Å²) in [6, 6.07) is 7.44. The smallest absolute Gasteiger partial charge is 0.332 e. The van der Waals surface area contributed by atoms with Crippen LogP contribution in [-0.2, 0) is 20.6 Å². The molecule has 1 aromatic carbocycles. The van der Waals surface area contributed by atoms with E-state index < -0.39 is 5.69 Å². The first-order valence-electron chi connectivity index (χ1n) is 7.75. The maximum Gasteiger partial charge on any atom is 0.332 e. The Kier molecular flexibility index (Phi) is 3.69. The fourth-order valence-corrected chi connectivity index (χ4v) is 3.44. The third-order valence-electron chi connectivity index (χ3n) is 4.18. The van der Waals surface area contributed by atoms with Gasteiger partial charge in [0.2, 0.25) is 5.13 Å². The summed E-state index contributed by atoms with van der Waals surface area (Å²) in [5.74, 6) is 0. The van der Waals surface area contributed by atoms with Crippen LogP contribution in [0.1, 0.15) is 5.56 Å². The van der Waals surface area contributed by atoms with Crippen LogP contribution in [0.4, 0.5) is 5.13 Å². The van der Waals surface area contributed by atoms with Gasteiger partial charge in [-0.1, -0.05) is 35.6 Å². The molecule has 4 aromatic rings. The van der Waals surface area contributed by atoms with E-state index >= 15 is 0 Å². The maximum absolute atomic E-state index is 12.7. The van der Waals surface area contributed by atoms with Gasteiger partial charge in [0, 0.05) is 19.7 Å². The van der Waals surface area contributed by atoms with Gasteiger partial charge in [0.05, 0.1) is 12.9 Å². The number of rotatable bonds is 3. The predicted octanol–water partition coefficient (Wildman–Crippen LogP) is 0.583.